The summed E-state index contributed by atoms with van der Waals surface area (Å²) in [6, 6.07) is 2.95. The van der Waals surface area contributed by atoms with E-state index in [4.69, 9.17) is 0 Å². The van der Waals surface area contributed by atoms with Crippen LogP contribution < -0.4 is 10.6 Å². The van der Waals surface area contributed by atoms with Gasteiger partial charge in [-0.1, -0.05) is 0 Å². The number of pyridine rings is 1. The van der Waals surface area contributed by atoms with Gasteiger partial charge in [-0.25, -0.2) is 27.8 Å². The first-order chi connectivity index (χ1) is 12.9. The summed E-state index contributed by atoms with van der Waals surface area (Å²) in [7, 11) is -3.51. The number of rotatable bonds is 4. The fraction of sp³-hybridized carbons (Fsp3) is 0.353. The number of halogens is 1. The molecule has 0 radical (unpaired) electrons. The van der Waals surface area contributed by atoms with E-state index in [0.29, 0.717) is 11.3 Å². The SMILES string of the molecule is CS(=O)(=O)c1cnc(-c2cnc3ccc(F)cn23)nc1N[C@@H]1CCCNC1. The highest BCUT2D eigenvalue weighted by atomic mass is 32.2. The molecule has 27 heavy (non-hydrogen) atoms. The minimum absolute atomic E-state index is 0.0387. The summed E-state index contributed by atoms with van der Waals surface area (Å²) in [6.07, 6.45) is 7.15. The van der Waals surface area contributed by atoms with Crippen LogP contribution in [0.15, 0.2) is 35.6 Å². The van der Waals surface area contributed by atoms with Crippen molar-refractivity contribution in [1.29, 1.82) is 0 Å². The molecule has 142 valence electrons. The molecule has 1 aliphatic heterocycles. The average Bonchev–Trinajstić information content (AvgIpc) is 3.04. The molecule has 3 aromatic heterocycles. The monoisotopic (exact) mass is 390 g/mol. The van der Waals surface area contributed by atoms with Crippen molar-refractivity contribution >= 4 is 21.3 Å². The number of hydrogen-bond acceptors (Lipinski definition) is 7. The molecule has 4 heterocycles. The molecule has 1 fully saturated rings. The van der Waals surface area contributed by atoms with Crippen molar-refractivity contribution in [3.8, 4) is 11.5 Å². The maximum Gasteiger partial charge on any atom is 0.180 e. The maximum absolute atomic E-state index is 13.6. The van der Waals surface area contributed by atoms with Crippen LogP contribution in [-0.4, -0.2) is 53.2 Å². The van der Waals surface area contributed by atoms with Gasteiger partial charge in [0, 0.05) is 25.0 Å². The first-order valence-electron chi connectivity index (χ1n) is 8.59. The first-order valence-corrected chi connectivity index (χ1v) is 10.5. The summed E-state index contributed by atoms with van der Waals surface area (Å²) in [5, 5.41) is 6.50. The predicted molar refractivity (Wildman–Crippen MR) is 98.8 cm³/mol. The quantitative estimate of drug-likeness (QED) is 0.696. The normalized spacial score (nSPS) is 17.9. The molecule has 0 spiro atoms. The zero-order chi connectivity index (χ0) is 19.0. The van der Waals surface area contributed by atoms with Crippen LogP contribution in [0, 0.1) is 5.82 Å². The second-order valence-corrected chi connectivity index (χ2v) is 8.57. The molecule has 8 nitrogen and oxygen atoms in total. The van der Waals surface area contributed by atoms with Crippen LogP contribution in [0.25, 0.3) is 17.2 Å². The summed E-state index contributed by atoms with van der Waals surface area (Å²) in [5.41, 5.74) is 1.03. The van der Waals surface area contributed by atoms with E-state index in [1.807, 2.05) is 0 Å². The first kappa shape index (κ1) is 17.8. The third kappa shape index (κ3) is 3.62. The number of nitrogens with zero attached hydrogens (tertiary/aromatic N) is 4. The van der Waals surface area contributed by atoms with Gasteiger partial charge in [0.05, 0.1) is 12.4 Å². The van der Waals surface area contributed by atoms with Crippen molar-refractivity contribution < 1.29 is 12.8 Å². The van der Waals surface area contributed by atoms with Gasteiger partial charge >= 0.3 is 0 Å². The molecule has 1 atom stereocenters. The second-order valence-electron chi connectivity index (χ2n) is 6.59. The largest absolute Gasteiger partial charge is 0.365 e. The molecule has 1 aliphatic rings. The van der Waals surface area contributed by atoms with Crippen LogP contribution >= 0.6 is 0 Å². The number of piperidine rings is 1. The Morgan fingerprint density at radius 1 is 1.30 bits per heavy atom. The van der Waals surface area contributed by atoms with Crippen LogP contribution in [0.5, 0.6) is 0 Å². The third-order valence-corrected chi connectivity index (χ3v) is 5.59. The Morgan fingerprint density at radius 2 is 2.15 bits per heavy atom. The molecular weight excluding hydrogens is 371 g/mol. The number of imidazole rings is 1. The standard InChI is InChI=1S/C17H19FN6O2S/c1-27(25,26)14-9-21-16(23-17(14)22-12-3-2-6-19-7-12)13-8-20-15-5-4-11(18)10-24(13)15/h4-5,8-10,12,19H,2-3,6-7H2,1H3,(H,21,22,23)/t12-/m1/s1. The van der Waals surface area contributed by atoms with Crippen LogP contribution in [-0.2, 0) is 9.84 Å². The molecule has 0 amide bonds. The molecule has 4 rings (SSSR count). The maximum atomic E-state index is 13.6. The zero-order valence-electron chi connectivity index (χ0n) is 14.7. The fourth-order valence-electron chi connectivity index (χ4n) is 3.16. The van der Waals surface area contributed by atoms with Crippen molar-refractivity contribution in [2.45, 2.75) is 23.8 Å². The van der Waals surface area contributed by atoms with Crippen molar-refractivity contribution in [1.82, 2.24) is 24.7 Å². The van der Waals surface area contributed by atoms with E-state index < -0.39 is 15.7 Å². The van der Waals surface area contributed by atoms with E-state index in [2.05, 4.69) is 25.6 Å². The number of fused-ring (bicyclic) bond motifs is 1. The van der Waals surface area contributed by atoms with Crippen molar-refractivity contribution in [3.05, 3.63) is 36.5 Å². The van der Waals surface area contributed by atoms with Gasteiger partial charge in [-0.3, -0.25) is 4.40 Å². The summed E-state index contributed by atoms with van der Waals surface area (Å²) in [4.78, 5) is 12.9. The molecule has 0 saturated carbocycles. The van der Waals surface area contributed by atoms with Crippen LogP contribution in [0.2, 0.25) is 0 Å². The Labute approximate surface area is 155 Å². The summed E-state index contributed by atoms with van der Waals surface area (Å²) in [6.45, 7) is 1.67. The minimum Gasteiger partial charge on any atom is -0.365 e. The number of anilines is 1. The summed E-state index contributed by atoms with van der Waals surface area (Å²) < 4.78 is 39.5. The topological polar surface area (TPSA) is 101 Å². The van der Waals surface area contributed by atoms with Crippen LogP contribution in [0.4, 0.5) is 10.2 Å². The average molecular weight is 390 g/mol. The van der Waals surface area contributed by atoms with Gasteiger partial charge in [0.15, 0.2) is 15.7 Å². The second kappa shape index (κ2) is 6.86. The highest BCUT2D eigenvalue weighted by molar-refractivity contribution is 7.90. The summed E-state index contributed by atoms with van der Waals surface area (Å²) in [5.74, 6) is 0.107. The molecule has 2 N–H and O–H groups in total. The van der Waals surface area contributed by atoms with Gasteiger partial charge in [0.2, 0.25) is 0 Å². The number of nitrogens with one attached hydrogen (secondary N) is 2. The van der Waals surface area contributed by atoms with E-state index in [-0.39, 0.29) is 22.6 Å². The minimum atomic E-state index is -3.51. The summed E-state index contributed by atoms with van der Waals surface area (Å²) >= 11 is 0. The van der Waals surface area contributed by atoms with Crippen LogP contribution in [0.3, 0.4) is 0 Å². The van der Waals surface area contributed by atoms with Crippen molar-refractivity contribution in [3.63, 3.8) is 0 Å². The molecule has 1 saturated heterocycles. The highest BCUT2D eigenvalue weighted by Crippen LogP contribution is 2.25. The fourth-order valence-corrected chi connectivity index (χ4v) is 3.86. The van der Waals surface area contributed by atoms with Gasteiger partial charge in [-0.05, 0) is 31.5 Å². The predicted octanol–water partition coefficient (Wildman–Crippen LogP) is 1.50. The molecule has 0 unspecified atom stereocenters. The van der Waals surface area contributed by atoms with Gasteiger partial charge in [0.25, 0.3) is 0 Å². The van der Waals surface area contributed by atoms with E-state index in [9.17, 15) is 12.8 Å². The lowest BCUT2D eigenvalue weighted by Gasteiger charge is -2.25. The number of sulfone groups is 1. The highest BCUT2D eigenvalue weighted by Gasteiger charge is 2.22. The molecule has 10 heteroatoms. The zero-order valence-corrected chi connectivity index (χ0v) is 15.5. The molecule has 0 aromatic carbocycles. The lowest BCUT2D eigenvalue weighted by Crippen LogP contribution is -2.39. The molecule has 0 bridgehead atoms. The van der Waals surface area contributed by atoms with E-state index in [1.54, 1.807) is 6.07 Å². The van der Waals surface area contributed by atoms with Gasteiger partial charge in [0.1, 0.15) is 27.9 Å². The number of aromatic nitrogens is 4. The third-order valence-electron chi connectivity index (χ3n) is 4.49. The Balaban J connectivity index is 1.79. The van der Waals surface area contributed by atoms with Gasteiger partial charge < -0.3 is 10.6 Å². The Hall–Kier alpha value is -2.59. The van der Waals surface area contributed by atoms with Crippen LogP contribution in [0.1, 0.15) is 12.8 Å². The van der Waals surface area contributed by atoms with E-state index >= 15 is 0 Å². The number of hydrogen-bond donors (Lipinski definition) is 2. The van der Waals surface area contributed by atoms with Crippen molar-refractivity contribution in [2.75, 3.05) is 24.7 Å². The van der Waals surface area contributed by atoms with Gasteiger partial charge in [-0.2, -0.15) is 0 Å². The Morgan fingerprint density at radius 3 is 2.89 bits per heavy atom. The molecule has 0 aliphatic carbocycles. The molecule has 3 aromatic rings. The van der Waals surface area contributed by atoms with E-state index in [0.717, 1.165) is 32.2 Å². The van der Waals surface area contributed by atoms with E-state index in [1.165, 1.54) is 29.1 Å². The molecular formula is C17H19FN6O2S. The Kier molecular flexibility index (Phi) is 4.52. The lowest BCUT2D eigenvalue weighted by atomic mass is 10.1. The van der Waals surface area contributed by atoms with Crippen molar-refractivity contribution in [2.24, 2.45) is 0 Å². The lowest BCUT2D eigenvalue weighted by molar-refractivity contribution is 0.478. The Bertz CT molecular complexity index is 1090. The van der Waals surface area contributed by atoms with Gasteiger partial charge in [-0.15, -0.1) is 0 Å². The smallest absolute Gasteiger partial charge is 0.180 e.